The van der Waals surface area contributed by atoms with Crippen LogP contribution in [0.5, 0.6) is 0 Å². The smallest absolute Gasteiger partial charge is 0.0581 e. The van der Waals surface area contributed by atoms with Crippen molar-refractivity contribution in [2.45, 2.75) is 40.2 Å². The average Bonchev–Trinajstić information content (AvgIpc) is 2.27. The van der Waals surface area contributed by atoms with Crippen LogP contribution in [0.4, 0.5) is 0 Å². The maximum atomic E-state index is 6.06. The lowest BCUT2D eigenvalue weighted by Gasteiger charge is -2.29. The van der Waals surface area contributed by atoms with Crippen molar-refractivity contribution in [2.75, 3.05) is 6.54 Å². The normalized spacial score (nSPS) is 18.6. The van der Waals surface area contributed by atoms with E-state index in [1.165, 1.54) is 5.57 Å². The number of nitrogens with zero attached hydrogens (tertiary/aromatic N) is 1. The van der Waals surface area contributed by atoms with Gasteiger partial charge in [-0.05, 0) is 24.8 Å². The monoisotopic (exact) mass is 180 g/mol. The van der Waals surface area contributed by atoms with E-state index in [4.69, 9.17) is 5.73 Å². The van der Waals surface area contributed by atoms with Crippen molar-refractivity contribution in [2.24, 2.45) is 16.1 Å². The highest BCUT2D eigenvalue weighted by Crippen LogP contribution is 2.31. The summed E-state index contributed by atoms with van der Waals surface area (Å²) in [5.74, 6) is 0. The van der Waals surface area contributed by atoms with Crippen LogP contribution in [-0.4, -0.2) is 17.8 Å². The van der Waals surface area contributed by atoms with Crippen LogP contribution in [0.1, 0.15) is 34.6 Å². The first-order chi connectivity index (χ1) is 5.73. The van der Waals surface area contributed by atoms with Gasteiger partial charge in [0.1, 0.15) is 0 Å². The predicted molar refractivity (Wildman–Crippen MR) is 58.1 cm³/mol. The predicted octanol–water partition coefficient (Wildman–Crippen LogP) is 2.15. The SMILES string of the molecule is CC(C)(C)C1=CCN=C1C(C)(C)N. The fourth-order valence-electron chi connectivity index (χ4n) is 1.62. The molecule has 1 heterocycles. The third-order valence-electron chi connectivity index (χ3n) is 2.22. The Hall–Kier alpha value is -0.630. The molecule has 1 aliphatic heterocycles. The Morgan fingerprint density at radius 3 is 2.08 bits per heavy atom. The summed E-state index contributed by atoms with van der Waals surface area (Å²) in [4.78, 5) is 4.45. The molecule has 1 rings (SSSR count). The van der Waals surface area contributed by atoms with E-state index < -0.39 is 0 Å². The van der Waals surface area contributed by atoms with Crippen LogP contribution in [0.3, 0.4) is 0 Å². The molecule has 1 aliphatic rings. The largest absolute Gasteiger partial charge is 0.321 e. The van der Waals surface area contributed by atoms with Crippen LogP contribution < -0.4 is 5.73 Å². The number of nitrogens with two attached hydrogens (primary N) is 1. The zero-order chi connectivity index (χ0) is 10.3. The number of aliphatic imine (C=N–C) groups is 1. The van der Waals surface area contributed by atoms with Crippen molar-refractivity contribution in [3.63, 3.8) is 0 Å². The van der Waals surface area contributed by atoms with Gasteiger partial charge in [-0.1, -0.05) is 26.8 Å². The molecule has 2 nitrogen and oxygen atoms in total. The van der Waals surface area contributed by atoms with E-state index in [-0.39, 0.29) is 11.0 Å². The summed E-state index contributed by atoms with van der Waals surface area (Å²) in [6.07, 6.45) is 2.18. The topological polar surface area (TPSA) is 38.4 Å². The molecule has 0 aromatic carbocycles. The van der Waals surface area contributed by atoms with Crippen LogP contribution >= 0.6 is 0 Å². The molecule has 2 heteroatoms. The summed E-state index contributed by atoms with van der Waals surface area (Å²) >= 11 is 0. The Bertz CT molecular complexity index is 231. The maximum Gasteiger partial charge on any atom is 0.0581 e. The van der Waals surface area contributed by atoms with Gasteiger partial charge in [-0.25, -0.2) is 0 Å². The molecular formula is C11H20N2. The fraction of sp³-hybridized carbons (Fsp3) is 0.727. The van der Waals surface area contributed by atoms with Crippen LogP contribution in [0.15, 0.2) is 16.6 Å². The molecule has 0 aromatic heterocycles. The van der Waals surface area contributed by atoms with Gasteiger partial charge in [0.2, 0.25) is 0 Å². The first-order valence-corrected chi connectivity index (χ1v) is 4.78. The van der Waals surface area contributed by atoms with Crippen molar-refractivity contribution < 1.29 is 0 Å². The molecule has 0 unspecified atom stereocenters. The summed E-state index contributed by atoms with van der Waals surface area (Å²) < 4.78 is 0. The highest BCUT2D eigenvalue weighted by Gasteiger charge is 2.31. The molecule has 0 aliphatic carbocycles. The summed E-state index contributed by atoms with van der Waals surface area (Å²) in [5.41, 5.74) is 8.28. The number of hydrogen-bond donors (Lipinski definition) is 1. The Kier molecular flexibility index (Phi) is 2.37. The van der Waals surface area contributed by atoms with E-state index in [0.29, 0.717) is 0 Å². The molecule has 0 spiro atoms. The lowest BCUT2D eigenvalue weighted by Crippen LogP contribution is -2.43. The summed E-state index contributed by atoms with van der Waals surface area (Å²) in [7, 11) is 0. The molecule has 0 bridgehead atoms. The van der Waals surface area contributed by atoms with Crippen LogP contribution in [0.25, 0.3) is 0 Å². The van der Waals surface area contributed by atoms with Gasteiger partial charge in [0, 0.05) is 0 Å². The zero-order valence-electron chi connectivity index (χ0n) is 9.31. The van der Waals surface area contributed by atoms with E-state index in [2.05, 4.69) is 31.8 Å². The van der Waals surface area contributed by atoms with Crippen molar-refractivity contribution in [1.82, 2.24) is 0 Å². The van der Waals surface area contributed by atoms with Gasteiger partial charge < -0.3 is 5.73 Å². The number of hydrogen-bond acceptors (Lipinski definition) is 2. The van der Waals surface area contributed by atoms with E-state index in [9.17, 15) is 0 Å². The van der Waals surface area contributed by atoms with E-state index >= 15 is 0 Å². The third-order valence-corrected chi connectivity index (χ3v) is 2.22. The lowest BCUT2D eigenvalue weighted by atomic mass is 9.79. The van der Waals surface area contributed by atoms with E-state index in [1.807, 2.05) is 13.8 Å². The van der Waals surface area contributed by atoms with E-state index in [0.717, 1.165) is 12.3 Å². The second-order valence-electron chi connectivity index (χ2n) is 5.28. The first kappa shape index (κ1) is 10.5. The quantitative estimate of drug-likeness (QED) is 0.659. The van der Waals surface area contributed by atoms with Gasteiger partial charge in [-0.3, -0.25) is 4.99 Å². The molecule has 0 atom stereocenters. The Labute approximate surface area is 80.9 Å². The van der Waals surface area contributed by atoms with E-state index in [1.54, 1.807) is 0 Å². The molecule has 0 saturated carbocycles. The Morgan fingerprint density at radius 1 is 1.23 bits per heavy atom. The van der Waals surface area contributed by atoms with Gasteiger partial charge in [-0.15, -0.1) is 0 Å². The van der Waals surface area contributed by atoms with Crippen molar-refractivity contribution in [3.8, 4) is 0 Å². The summed E-state index contributed by atoms with van der Waals surface area (Å²) in [5, 5.41) is 0. The third kappa shape index (κ3) is 2.19. The summed E-state index contributed by atoms with van der Waals surface area (Å²) in [6, 6.07) is 0. The molecule has 0 fully saturated rings. The van der Waals surface area contributed by atoms with Crippen molar-refractivity contribution in [1.29, 1.82) is 0 Å². The van der Waals surface area contributed by atoms with Gasteiger partial charge in [-0.2, -0.15) is 0 Å². The zero-order valence-corrected chi connectivity index (χ0v) is 9.31. The molecule has 0 aromatic rings. The number of rotatable bonds is 1. The fourth-order valence-corrected chi connectivity index (χ4v) is 1.62. The molecule has 0 amide bonds. The Morgan fingerprint density at radius 2 is 1.77 bits per heavy atom. The lowest BCUT2D eigenvalue weighted by molar-refractivity contribution is 0.517. The average molecular weight is 180 g/mol. The maximum absolute atomic E-state index is 6.06. The highest BCUT2D eigenvalue weighted by atomic mass is 14.9. The minimum atomic E-state index is -0.310. The second kappa shape index (κ2) is 2.95. The molecule has 74 valence electrons. The van der Waals surface area contributed by atoms with Gasteiger partial charge in [0.25, 0.3) is 0 Å². The molecule has 13 heavy (non-hydrogen) atoms. The minimum Gasteiger partial charge on any atom is -0.321 e. The first-order valence-electron chi connectivity index (χ1n) is 4.78. The highest BCUT2D eigenvalue weighted by molar-refractivity contribution is 6.08. The van der Waals surface area contributed by atoms with Crippen LogP contribution in [-0.2, 0) is 0 Å². The van der Waals surface area contributed by atoms with Gasteiger partial charge >= 0.3 is 0 Å². The second-order valence-corrected chi connectivity index (χ2v) is 5.28. The molecule has 0 radical (unpaired) electrons. The Balaban J connectivity index is 2.99. The van der Waals surface area contributed by atoms with Crippen LogP contribution in [0, 0.1) is 5.41 Å². The molecule has 2 N–H and O–H groups in total. The van der Waals surface area contributed by atoms with Crippen LogP contribution in [0.2, 0.25) is 0 Å². The van der Waals surface area contributed by atoms with Gasteiger partial charge in [0.15, 0.2) is 0 Å². The van der Waals surface area contributed by atoms with Crippen molar-refractivity contribution >= 4 is 5.71 Å². The molecular weight excluding hydrogens is 160 g/mol. The standard InChI is InChI=1S/C11H20N2/c1-10(2,3)8-6-7-13-9(8)11(4,5)12/h6H,7,12H2,1-5H3. The van der Waals surface area contributed by atoms with Crippen molar-refractivity contribution in [3.05, 3.63) is 11.6 Å². The summed E-state index contributed by atoms with van der Waals surface area (Å²) in [6.45, 7) is 11.4. The minimum absolute atomic E-state index is 0.159. The van der Waals surface area contributed by atoms with Gasteiger partial charge in [0.05, 0.1) is 17.8 Å². The molecule has 0 saturated heterocycles.